The first-order chi connectivity index (χ1) is 10.6. The second-order valence-electron chi connectivity index (χ2n) is 6.57. The number of hydrogen-bond donors (Lipinski definition) is 2. The van der Waals surface area contributed by atoms with E-state index in [1.807, 2.05) is 6.92 Å². The Morgan fingerprint density at radius 3 is 2.59 bits per heavy atom. The molecule has 0 amide bonds. The standard InChI is InChI=1S/C19H29NO2/c1-3-6-14-9-11-16(12-10-14)20-17-8-5-7-15(13-17)18(4-2)19(21)22/h9-12,15,17-18,20H,3-8,13H2,1-2H3,(H,21,22). The monoisotopic (exact) mass is 303 g/mol. The summed E-state index contributed by atoms with van der Waals surface area (Å²) in [6.07, 6.45) is 7.33. The molecule has 1 aliphatic carbocycles. The summed E-state index contributed by atoms with van der Waals surface area (Å²) < 4.78 is 0. The zero-order valence-corrected chi connectivity index (χ0v) is 13.8. The molecule has 3 unspecified atom stereocenters. The number of carboxylic acid groups (broad SMARTS) is 1. The van der Waals surface area contributed by atoms with Gasteiger partial charge in [-0.05, 0) is 55.7 Å². The van der Waals surface area contributed by atoms with Crippen molar-refractivity contribution in [2.75, 3.05) is 5.32 Å². The Labute approximate surface area is 134 Å². The van der Waals surface area contributed by atoms with E-state index in [1.165, 1.54) is 12.0 Å². The Kier molecular flexibility index (Phi) is 6.29. The van der Waals surface area contributed by atoms with Crippen molar-refractivity contribution in [1.82, 2.24) is 0 Å². The number of aliphatic carboxylic acids is 1. The average Bonchev–Trinajstić information content (AvgIpc) is 2.50. The van der Waals surface area contributed by atoms with Crippen LogP contribution in [0.1, 0.15) is 57.9 Å². The molecule has 1 aliphatic rings. The predicted octanol–water partition coefficient (Wildman–Crippen LogP) is 4.72. The van der Waals surface area contributed by atoms with Crippen LogP contribution >= 0.6 is 0 Å². The molecule has 0 saturated heterocycles. The van der Waals surface area contributed by atoms with Gasteiger partial charge >= 0.3 is 5.97 Å². The summed E-state index contributed by atoms with van der Waals surface area (Å²) in [6.45, 7) is 4.18. The van der Waals surface area contributed by atoms with E-state index in [0.29, 0.717) is 12.0 Å². The molecular formula is C19H29NO2. The lowest BCUT2D eigenvalue weighted by molar-refractivity contribution is -0.144. The molecule has 1 saturated carbocycles. The van der Waals surface area contributed by atoms with Crippen molar-refractivity contribution in [2.24, 2.45) is 11.8 Å². The Hall–Kier alpha value is -1.51. The fourth-order valence-corrected chi connectivity index (χ4v) is 3.73. The molecule has 3 atom stereocenters. The Balaban J connectivity index is 1.93. The van der Waals surface area contributed by atoms with Gasteiger partial charge in [-0.1, -0.05) is 38.8 Å². The van der Waals surface area contributed by atoms with Crippen LogP contribution in [0.15, 0.2) is 24.3 Å². The number of nitrogens with one attached hydrogen (secondary N) is 1. The average molecular weight is 303 g/mol. The Bertz CT molecular complexity index is 469. The summed E-state index contributed by atoms with van der Waals surface area (Å²) in [6, 6.07) is 9.10. The Morgan fingerprint density at radius 2 is 2.00 bits per heavy atom. The molecule has 1 fully saturated rings. The highest BCUT2D eigenvalue weighted by Gasteiger charge is 2.31. The van der Waals surface area contributed by atoms with Gasteiger partial charge in [0.25, 0.3) is 0 Å². The lowest BCUT2D eigenvalue weighted by Gasteiger charge is -2.33. The molecular weight excluding hydrogens is 274 g/mol. The summed E-state index contributed by atoms with van der Waals surface area (Å²) in [4.78, 5) is 11.4. The van der Waals surface area contributed by atoms with E-state index in [4.69, 9.17) is 0 Å². The van der Waals surface area contributed by atoms with Crippen LogP contribution in [0.4, 0.5) is 5.69 Å². The maximum absolute atomic E-state index is 11.4. The Morgan fingerprint density at radius 1 is 1.27 bits per heavy atom. The van der Waals surface area contributed by atoms with Crippen molar-refractivity contribution in [3.63, 3.8) is 0 Å². The molecule has 1 aromatic rings. The molecule has 122 valence electrons. The summed E-state index contributed by atoms with van der Waals surface area (Å²) in [5.74, 6) is -0.498. The number of rotatable bonds is 7. The van der Waals surface area contributed by atoms with Gasteiger partial charge in [0.15, 0.2) is 0 Å². The van der Waals surface area contributed by atoms with Gasteiger partial charge in [-0.3, -0.25) is 4.79 Å². The number of aryl methyl sites for hydroxylation is 1. The highest BCUT2D eigenvalue weighted by molar-refractivity contribution is 5.70. The normalized spacial score (nSPS) is 23.0. The van der Waals surface area contributed by atoms with Crippen LogP contribution in [-0.4, -0.2) is 17.1 Å². The molecule has 3 heteroatoms. The molecule has 3 nitrogen and oxygen atoms in total. The minimum atomic E-state index is -0.628. The van der Waals surface area contributed by atoms with E-state index < -0.39 is 5.97 Å². The van der Waals surface area contributed by atoms with E-state index in [2.05, 4.69) is 36.5 Å². The van der Waals surface area contributed by atoms with Gasteiger partial charge in [0, 0.05) is 11.7 Å². The van der Waals surface area contributed by atoms with Gasteiger partial charge in [0.2, 0.25) is 0 Å². The second-order valence-corrected chi connectivity index (χ2v) is 6.57. The number of benzene rings is 1. The number of anilines is 1. The van der Waals surface area contributed by atoms with Crippen molar-refractivity contribution in [1.29, 1.82) is 0 Å². The molecule has 0 aliphatic heterocycles. The third-order valence-electron chi connectivity index (χ3n) is 4.90. The zero-order chi connectivity index (χ0) is 15.9. The summed E-state index contributed by atoms with van der Waals surface area (Å²) in [7, 11) is 0. The second kappa shape index (κ2) is 8.21. The molecule has 22 heavy (non-hydrogen) atoms. The van der Waals surface area contributed by atoms with Gasteiger partial charge in [0.05, 0.1) is 5.92 Å². The van der Waals surface area contributed by atoms with Gasteiger partial charge in [0.1, 0.15) is 0 Å². The summed E-state index contributed by atoms with van der Waals surface area (Å²) >= 11 is 0. The minimum Gasteiger partial charge on any atom is -0.481 e. The molecule has 0 heterocycles. The highest BCUT2D eigenvalue weighted by atomic mass is 16.4. The number of carboxylic acids is 1. The molecule has 1 aromatic carbocycles. The lowest BCUT2D eigenvalue weighted by atomic mass is 9.76. The summed E-state index contributed by atoms with van der Waals surface area (Å²) in [5.41, 5.74) is 2.54. The maximum Gasteiger partial charge on any atom is 0.306 e. The summed E-state index contributed by atoms with van der Waals surface area (Å²) in [5, 5.41) is 13.0. The van der Waals surface area contributed by atoms with E-state index >= 15 is 0 Å². The van der Waals surface area contributed by atoms with Crippen LogP contribution in [-0.2, 0) is 11.2 Å². The van der Waals surface area contributed by atoms with E-state index in [0.717, 1.165) is 44.2 Å². The van der Waals surface area contributed by atoms with Crippen LogP contribution in [0.2, 0.25) is 0 Å². The van der Waals surface area contributed by atoms with Crippen molar-refractivity contribution in [2.45, 2.75) is 64.8 Å². The van der Waals surface area contributed by atoms with Crippen LogP contribution in [0.3, 0.4) is 0 Å². The van der Waals surface area contributed by atoms with Crippen LogP contribution in [0.25, 0.3) is 0 Å². The van der Waals surface area contributed by atoms with Crippen LogP contribution in [0.5, 0.6) is 0 Å². The van der Waals surface area contributed by atoms with Gasteiger partial charge in [-0.15, -0.1) is 0 Å². The first kappa shape index (κ1) is 16.9. The topological polar surface area (TPSA) is 49.3 Å². The minimum absolute atomic E-state index is 0.184. The van der Waals surface area contributed by atoms with Crippen molar-refractivity contribution in [3.8, 4) is 0 Å². The maximum atomic E-state index is 11.4. The molecule has 0 aromatic heterocycles. The van der Waals surface area contributed by atoms with E-state index in [9.17, 15) is 9.90 Å². The van der Waals surface area contributed by atoms with Crippen molar-refractivity contribution < 1.29 is 9.90 Å². The van der Waals surface area contributed by atoms with Gasteiger partial charge in [-0.25, -0.2) is 0 Å². The third kappa shape index (κ3) is 4.49. The lowest BCUT2D eigenvalue weighted by Crippen LogP contribution is -2.33. The molecule has 0 radical (unpaired) electrons. The molecule has 2 rings (SSSR count). The van der Waals surface area contributed by atoms with E-state index in [-0.39, 0.29) is 5.92 Å². The first-order valence-electron chi connectivity index (χ1n) is 8.72. The quantitative estimate of drug-likeness (QED) is 0.766. The van der Waals surface area contributed by atoms with Gasteiger partial charge < -0.3 is 10.4 Å². The SMILES string of the molecule is CCCc1ccc(NC2CCCC(C(CC)C(=O)O)C2)cc1. The molecule has 2 N–H and O–H groups in total. The first-order valence-corrected chi connectivity index (χ1v) is 8.72. The van der Waals surface area contributed by atoms with Crippen molar-refractivity contribution in [3.05, 3.63) is 29.8 Å². The zero-order valence-electron chi connectivity index (χ0n) is 13.8. The smallest absolute Gasteiger partial charge is 0.306 e. The van der Waals surface area contributed by atoms with Crippen molar-refractivity contribution >= 4 is 11.7 Å². The number of carbonyl (C=O) groups is 1. The molecule has 0 bridgehead atoms. The van der Waals surface area contributed by atoms with Crippen LogP contribution in [0, 0.1) is 11.8 Å². The van der Waals surface area contributed by atoms with Crippen LogP contribution < -0.4 is 5.32 Å². The fraction of sp³-hybridized carbons (Fsp3) is 0.632. The highest BCUT2D eigenvalue weighted by Crippen LogP contribution is 2.33. The van der Waals surface area contributed by atoms with Gasteiger partial charge in [-0.2, -0.15) is 0 Å². The fourth-order valence-electron chi connectivity index (χ4n) is 3.73. The largest absolute Gasteiger partial charge is 0.481 e. The predicted molar refractivity (Wildman–Crippen MR) is 91.2 cm³/mol. The number of hydrogen-bond acceptors (Lipinski definition) is 2. The van der Waals surface area contributed by atoms with E-state index in [1.54, 1.807) is 0 Å². The third-order valence-corrected chi connectivity index (χ3v) is 4.90. The molecule has 0 spiro atoms.